The predicted octanol–water partition coefficient (Wildman–Crippen LogP) is 6.02. The number of benzene rings is 2. The summed E-state index contributed by atoms with van der Waals surface area (Å²) in [7, 11) is 0. The Morgan fingerprint density at radius 3 is 2.65 bits per heavy atom. The molecule has 1 unspecified atom stereocenters. The molecule has 1 aliphatic rings. The second kappa shape index (κ2) is 5.79. The molecule has 0 nitrogen and oxygen atoms in total. The fraction of sp³-hybridized carbons (Fsp3) is 0.333. The Labute approximate surface area is 130 Å². The number of hydrogen-bond donors (Lipinski definition) is 0. The van der Waals surface area contributed by atoms with Crippen molar-refractivity contribution in [3.63, 3.8) is 0 Å². The summed E-state index contributed by atoms with van der Waals surface area (Å²) < 4.78 is 0. The van der Waals surface area contributed by atoms with Gasteiger partial charge in [0.05, 0.1) is 10.0 Å². The van der Waals surface area contributed by atoms with Crippen molar-refractivity contribution < 1.29 is 0 Å². The smallest absolute Gasteiger partial charge is 0.0595 e. The van der Waals surface area contributed by atoms with E-state index in [9.17, 15) is 0 Å². The van der Waals surface area contributed by atoms with Gasteiger partial charge in [0.2, 0.25) is 0 Å². The van der Waals surface area contributed by atoms with Crippen LogP contribution in [-0.2, 0) is 12.8 Å². The fourth-order valence-corrected chi connectivity index (χ4v) is 3.47. The lowest BCUT2D eigenvalue weighted by atomic mass is 9.78. The van der Waals surface area contributed by atoms with E-state index in [0.717, 1.165) is 6.42 Å². The maximum Gasteiger partial charge on any atom is 0.0595 e. The van der Waals surface area contributed by atoms with Crippen LogP contribution in [0.5, 0.6) is 0 Å². The van der Waals surface area contributed by atoms with Gasteiger partial charge >= 0.3 is 0 Å². The van der Waals surface area contributed by atoms with Crippen molar-refractivity contribution >= 4 is 23.2 Å². The highest BCUT2D eigenvalue weighted by atomic mass is 35.5. The van der Waals surface area contributed by atoms with Gasteiger partial charge in [-0.1, -0.05) is 54.4 Å². The Hall–Kier alpha value is -0.980. The first-order valence-electron chi connectivity index (χ1n) is 7.25. The van der Waals surface area contributed by atoms with Gasteiger partial charge in [0.15, 0.2) is 0 Å². The van der Waals surface area contributed by atoms with E-state index in [0.29, 0.717) is 16.0 Å². The predicted molar refractivity (Wildman–Crippen MR) is 87.1 cm³/mol. The lowest BCUT2D eigenvalue weighted by Gasteiger charge is -2.26. The lowest BCUT2D eigenvalue weighted by Crippen LogP contribution is -2.11. The van der Waals surface area contributed by atoms with Crippen molar-refractivity contribution in [2.24, 2.45) is 0 Å². The van der Waals surface area contributed by atoms with E-state index < -0.39 is 0 Å². The fourth-order valence-electron chi connectivity index (χ4n) is 3.16. The van der Waals surface area contributed by atoms with Gasteiger partial charge in [-0.3, -0.25) is 0 Å². The molecule has 1 aliphatic carbocycles. The summed E-state index contributed by atoms with van der Waals surface area (Å²) in [6, 6.07) is 13.0. The van der Waals surface area contributed by atoms with Gasteiger partial charge in [0.25, 0.3) is 0 Å². The molecule has 20 heavy (non-hydrogen) atoms. The quantitative estimate of drug-likeness (QED) is 0.636. The zero-order chi connectivity index (χ0) is 14.1. The maximum atomic E-state index is 6.18. The normalized spacial score (nSPS) is 17.9. The monoisotopic (exact) mass is 304 g/mol. The molecule has 0 spiro atoms. The van der Waals surface area contributed by atoms with Gasteiger partial charge < -0.3 is 0 Å². The third-order valence-corrected chi connectivity index (χ3v) is 5.02. The topological polar surface area (TPSA) is 0 Å². The first-order chi connectivity index (χ1) is 9.69. The first kappa shape index (κ1) is 14.0. The van der Waals surface area contributed by atoms with Crippen molar-refractivity contribution in [3.05, 3.63) is 68.7 Å². The van der Waals surface area contributed by atoms with Crippen molar-refractivity contribution in [1.29, 1.82) is 0 Å². The second-order valence-electron chi connectivity index (χ2n) is 5.51. The molecule has 0 bridgehead atoms. The Balaban J connectivity index is 2.02. The second-order valence-corrected chi connectivity index (χ2v) is 6.32. The molecule has 0 saturated heterocycles. The van der Waals surface area contributed by atoms with Crippen LogP contribution in [0.15, 0.2) is 36.4 Å². The minimum Gasteiger partial charge on any atom is -0.0827 e. The lowest BCUT2D eigenvalue weighted by molar-refractivity contribution is 0.615. The van der Waals surface area contributed by atoms with E-state index in [1.807, 2.05) is 12.1 Å². The summed E-state index contributed by atoms with van der Waals surface area (Å²) in [4.78, 5) is 0. The molecule has 0 fully saturated rings. The summed E-state index contributed by atoms with van der Waals surface area (Å²) in [6.45, 7) is 2.21. The van der Waals surface area contributed by atoms with Crippen molar-refractivity contribution in [1.82, 2.24) is 0 Å². The molecule has 1 atom stereocenters. The summed E-state index contributed by atoms with van der Waals surface area (Å²) in [6.07, 6.45) is 4.73. The van der Waals surface area contributed by atoms with Crippen LogP contribution in [0.3, 0.4) is 0 Å². The maximum absolute atomic E-state index is 6.18. The Morgan fingerprint density at radius 2 is 1.90 bits per heavy atom. The molecule has 3 rings (SSSR count). The van der Waals surface area contributed by atoms with E-state index in [1.54, 1.807) is 0 Å². The Kier molecular flexibility index (Phi) is 4.05. The van der Waals surface area contributed by atoms with Crippen LogP contribution in [-0.4, -0.2) is 0 Å². The molecule has 2 aromatic rings. The van der Waals surface area contributed by atoms with Crippen molar-refractivity contribution in [2.45, 2.75) is 38.5 Å². The molecule has 0 N–H and O–H groups in total. The minimum absolute atomic E-state index is 0.458. The van der Waals surface area contributed by atoms with E-state index in [-0.39, 0.29) is 0 Å². The number of aryl methyl sites for hydroxylation is 2. The molecule has 0 aromatic heterocycles. The van der Waals surface area contributed by atoms with E-state index in [2.05, 4.69) is 31.2 Å². The van der Waals surface area contributed by atoms with Crippen molar-refractivity contribution in [3.8, 4) is 0 Å². The largest absolute Gasteiger partial charge is 0.0827 e. The zero-order valence-corrected chi connectivity index (χ0v) is 13.1. The molecule has 0 radical (unpaired) electrons. The van der Waals surface area contributed by atoms with Crippen LogP contribution in [0.2, 0.25) is 10.0 Å². The third-order valence-electron chi connectivity index (χ3n) is 4.28. The van der Waals surface area contributed by atoms with Gasteiger partial charge in [-0.2, -0.15) is 0 Å². The molecule has 2 heteroatoms. The highest BCUT2D eigenvalue weighted by molar-refractivity contribution is 6.42. The number of fused-ring (bicyclic) bond motifs is 1. The van der Waals surface area contributed by atoms with E-state index in [4.69, 9.17) is 23.2 Å². The summed E-state index contributed by atoms with van der Waals surface area (Å²) in [5, 5.41) is 1.29. The molecule has 104 valence electrons. The molecular weight excluding hydrogens is 287 g/mol. The standard InChI is InChI=1S/C18H18Cl2/c1-2-12-6-8-16-13(10-12)4-3-5-15(16)14-7-9-17(19)18(20)11-14/h6-11,15H,2-5H2,1H3. The number of rotatable bonds is 2. The SMILES string of the molecule is CCc1ccc2c(c1)CCCC2c1ccc(Cl)c(Cl)c1. The summed E-state index contributed by atoms with van der Waals surface area (Å²) >= 11 is 12.2. The number of hydrogen-bond acceptors (Lipinski definition) is 0. The van der Waals surface area contributed by atoms with Crippen molar-refractivity contribution in [2.75, 3.05) is 0 Å². The Bertz CT molecular complexity index is 631. The average molecular weight is 305 g/mol. The number of halogens is 2. The highest BCUT2D eigenvalue weighted by Crippen LogP contribution is 2.38. The van der Waals surface area contributed by atoms with Gasteiger partial charge in [-0.05, 0) is 60.1 Å². The Morgan fingerprint density at radius 1 is 1.05 bits per heavy atom. The van der Waals surface area contributed by atoms with Crippen LogP contribution < -0.4 is 0 Å². The van der Waals surface area contributed by atoms with Crippen LogP contribution in [0, 0.1) is 0 Å². The molecule has 0 heterocycles. The molecular formula is C18H18Cl2. The summed E-state index contributed by atoms with van der Waals surface area (Å²) in [5.74, 6) is 0.458. The van der Waals surface area contributed by atoms with E-state index in [1.165, 1.54) is 41.5 Å². The van der Waals surface area contributed by atoms with E-state index >= 15 is 0 Å². The highest BCUT2D eigenvalue weighted by Gasteiger charge is 2.22. The first-order valence-corrected chi connectivity index (χ1v) is 8.01. The van der Waals surface area contributed by atoms with Gasteiger partial charge in [0.1, 0.15) is 0 Å². The average Bonchev–Trinajstić information content (AvgIpc) is 2.49. The minimum atomic E-state index is 0.458. The van der Waals surface area contributed by atoms with Gasteiger partial charge in [-0.15, -0.1) is 0 Å². The van der Waals surface area contributed by atoms with Crippen LogP contribution >= 0.6 is 23.2 Å². The molecule has 2 aromatic carbocycles. The van der Waals surface area contributed by atoms with Crippen LogP contribution in [0.25, 0.3) is 0 Å². The van der Waals surface area contributed by atoms with Crippen LogP contribution in [0.4, 0.5) is 0 Å². The van der Waals surface area contributed by atoms with Gasteiger partial charge in [0, 0.05) is 5.92 Å². The third kappa shape index (κ3) is 2.60. The zero-order valence-electron chi connectivity index (χ0n) is 11.6. The van der Waals surface area contributed by atoms with Gasteiger partial charge in [-0.25, -0.2) is 0 Å². The summed E-state index contributed by atoms with van der Waals surface area (Å²) in [5.41, 5.74) is 5.68. The molecule has 0 aliphatic heterocycles. The molecule has 0 saturated carbocycles. The molecule has 0 amide bonds. The van der Waals surface area contributed by atoms with Crippen LogP contribution in [0.1, 0.15) is 47.9 Å².